The zero-order chi connectivity index (χ0) is 13.9. The van der Waals surface area contributed by atoms with Crippen LogP contribution in [0.15, 0.2) is 6.20 Å². The van der Waals surface area contributed by atoms with E-state index < -0.39 is 6.04 Å². The first kappa shape index (κ1) is 14.7. The van der Waals surface area contributed by atoms with E-state index in [2.05, 4.69) is 10.4 Å². The molecular weight excluding hydrogens is 228 g/mol. The van der Waals surface area contributed by atoms with E-state index in [1.807, 2.05) is 34.7 Å². The smallest absolute Gasteiger partial charge is 0.237 e. The number of nitrogens with two attached hydrogens (primary N) is 1. The molecule has 3 unspecified atom stereocenters. The first-order chi connectivity index (χ1) is 8.38. The van der Waals surface area contributed by atoms with Crippen molar-refractivity contribution in [1.82, 2.24) is 15.1 Å². The molecule has 3 N–H and O–H groups in total. The lowest BCUT2D eigenvalue weighted by molar-refractivity contribution is -0.124. The largest absolute Gasteiger partial charge is 0.348 e. The molecule has 0 saturated heterocycles. The van der Waals surface area contributed by atoms with Crippen LogP contribution in [0.3, 0.4) is 0 Å². The van der Waals surface area contributed by atoms with Crippen molar-refractivity contribution >= 4 is 5.91 Å². The number of aromatic nitrogens is 2. The standard InChI is InChI=1S/C13H24N4O/c1-6-8(2)12(14)13(18)16-9(3)11-7-15-17(5)10(11)4/h7-9,12H,6,14H2,1-5H3,(H,16,18). The van der Waals surface area contributed by atoms with Crippen molar-refractivity contribution in [3.63, 3.8) is 0 Å². The number of rotatable bonds is 5. The molecule has 0 saturated carbocycles. The predicted molar refractivity (Wildman–Crippen MR) is 71.9 cm³/mol. The highest BCUT2D eigenvalue weighted by molar-refractivity contribution is 5.82. The van der Waals surface area contributed by atoms with E-state index in [1.54, 1.807) is 10.9 Å². The Labute approximate surface area is 109 Å². The fourth-order valence-corrected chi connectivity index (χ4v) is 1.84. The number of amides is 1. The van der Waals surface area contributed by atoms with E-state index >= 15 is 0 Å². The number of nitrogens with one attached hydrogen (secondary N) is 1. The Morgan fingerprint density at radius 2 is 2.17 bits per heavy atom. The number of hydrogen-bond donors (Lipinski definition) is 2. The molecule has 1 heterocycles. The van der Waals surface area contributed by atoms with Crippen LogP contribution in [0, 0.1) is 12.8 Å². The summed E-state index contributed by atoms with van der Waals surface area (Å²) < 4.78 is 1.80. The summed E-state index contributed by atoms with van der Waals surface area (Å²) in [5.41, 5.74) is 7.99. The molecule has 18 heavy (non-hydrogen) atoms. The average Bonchev–Trinajstić information content (AvgIpc) is 2.68. The van der Waals surface area contributed by atoms with Crippen LogP contribution in [0.5, 0.6) is 0 Å². The summed E-state index contributed by atoms with van der Waals surface area (Å²) in [5.74, 6) is 0.0901. The first-order valence-electron chi connectivity index (χ1n) is 6.42. The van der Waals surface area contributed by atoms with E-state index in [9.17, 15) is 4.79 Å². The van der Waals surface area contributed by atoms with Crippen molar-refractivity contribution in [3.8, 4) is 0 Å². The summed E-state index contributed by atoms with van der Waals surface area (Å²) in [6.07, 6.45) is 2.68. The summed E-state index contributed by atoms with van der Waals surface area (Å²) in [5, 5.41) is 7.12. The lowest BCUT2D eigenvalue weighted by Gasteiger charge is -2.21. The van der Waals surface area contributed by atoms with Crippen LogP contribution < -0.4 is 11.1 Å². The lowest BCUT2D eigenvalue weighted by Crippen LogP contribution is -2.45. The van der Waals surface area contributed by atoms with Gasteiger partial charge in [0.15, 0.2) is 0 Å². The van der Waals surface area contributed by atoms with Gasteiger partial charge in [-0.2, -0.15) is 5.10 Å². The van der Waals surface area contributed by atoms with Gasteiger partial charge in [-0.25, -0.2) is 0 Å². The lowest BCUT2D eigenvalue weighted by atomic mass is 9.99. The molecule has 0 aromatic carbocycles. The van der Waals surface area contributed by atoms with Crippen LogP contribution in [-0.2, 0) is 11.8 Å². The van der Waals surface area contributed by atoms with Gasteiger partial charge >= 0.3 is 0 Å². The summed E-state index contributed by atoms with van der Waals surface area (Å²) in [7, 11) is 1.89. The zero-order valence-electron chi connectivity index (χ0n) is 11.9. The van der Waals surface area contributed by atoms with Gasteiger partial charge in [0.2, 0.25) is 5.91 Å². The monoisotopic (exact) mass is 252 g/mol. The topological polar surface area (TPSA) is 72.9 Å². The Kier molecular flexibility index (Phi) is 4.90. The number of aryl methyl sites for hydroxylation is 1. The zero-order valence-corrected chi connectivity index (χ0v) is 11.9. The van der Waals surface area contributed by atoms with Crippen LogP contribution in [0.2, 0.25) is 0 Å². The van der Waals surface area contributed by atoms with E-state index in [0.717, 1.165) is 17.7 Å². The van der Waals surface area contributed by atoms with Crippen LogP contribution in [0.1, 0.15) is 44.5 Å². The molecule has 5 heteroatoms. The molecule has 1 amide bonds. The van der Waals surface area contributed by atoms with Gasteiger partial charge in [-0.05, 0) is 19.8 Å². The molecule has 1 aromatic rings. The van der Waals surface area contributed by atoms with Crippen LogP contribution >= 0.6 is 0 Å². The fourth-order valence-electron chi connectivity index (χ4n) is 1.84. The maximum atomic E-state index is 12.0. The van der Waals surface area contributed by atoms with Crippen molar-refractivity contribution in [2.24, 2.45) is 18.7 Å². The third-order valence-corrected chi connectivity index (χ3v) is 3.66. The minimum absolute atomic E-state index is 0.0682. The second-order valence-corrected chi connectivity index (χ2v) is 4.95. The molecule has 0 radical (unpaired) electrons. The van der Waals surface area contributed by atoms with E-state index in [0.29, 0.717) is 0 Å². The summed E-state index contributed by atoms with van der Waals surface area (Å²) in [6.45, 7) is 7.96. The molecule has 3 atom stereocenters. The third-order valence-electron chi connectivity index (χ3n) is 3.66. The van der Waals surface area contributed by atoms with Gasteiger partial charge in [0, 0.05) is 18.3 Å². The van der Waals surface area contributed by atoms with Crippen molar-refractivity contribution < 1.29 is 4.79 Å². The quantitative estimate of drug-likeness (QED) is 0.829. The molecule has 0 aliphatic heterocycles. The minimum Gasteiger partial charge on any atom is -0.348 e. The molecule has 5 nitrogen and oxygen atoms in total. The van der Waals surface area contributed by atoms with Crippen LogP contribution in [0.4, 0.5) is 0 Å². The van der Waals surface area contributed by atoms with Gasteiger partial charge in [-0.1, -0.05) is 20.3 Å². The van der Waals surface area contributed by atoms with Gasteiger partial charge in [0.1, 0.15) is 0 Å². The normalized spacial score (nSPS) is 16.1. The highest BCUT2D eigenvalue weighted by Gasteiger charge is 2.22. The molecule has 0 aliphatic carbocycles. The first-order valence-corrected chi connectivity index (χ1v) is 6.42. The van der Waals surface area contributed by atoms with Crippen molar-refractivity contribution in [2.45, 2.75) is 46.2 Å². The molecule has 0 fully saturated rings. The fraction of sp³-hybridized carbons (Fsp3) is 0.692. The van der Waals surface area contributed by atoms with E-state index in [-0.39, 0.29) is 17.9 Å². The maximum absolute atomic E-state index is 12.0. The summed E-state index contributed by atoms with van der Waals surface area (Å²) in [6, 6.07) is -0.518. The maximum Gasteiger partial charge on any atom is 0.237 e. The van der Waals surface area contributed by atoms with E-state index in [4.69, 9.17) is 5.73 Å². The van der Waals surface area contributed by atoms with Crippen molar-refractivity contribution in [1.29, 1.82) is 0 Å². The molecule has 102 valence electrons. The summed E-state index contributed by atoms with van der Waals surface area (Å²) >= 11 is 0. The predicted octanol–water partition coefficient (Wildman–Crippen LogP) is 1.28. The second kappa shape index (κ2) is 6.00. The average molecular weight is 252 g/mol. The van der Waals surface area contributed by atoms with Gasteiger partial charge in [0.05, 0.1) is 18.3 Å². The number of carbonyl (C=O) groups is 1. The third kappa shape index (κ3) is 3.10. The molecule has 0 bridgehead atoms. The van der Waals surface area contributed by atoms with Crippen LogP contribution in [0.25, 0.3) is 0 Å². The molecular formula is C13H24N4O. The van der Waals surface area contributed by atoms with Gasteiger partial charge in [-0.15, -0.1) is 0 Å². The SMILES string of the molecule is CCC(C)C(N)C(=O)NC(C)c1cnn(C)c1C. The van der Waals surface area contributed by atoms with Gasteiger partial charge in [0.25, 0.3) is 0 Å². The number of carbonyl (C=O) groups excluding carboxylic acids is 1. The van der Waals surface area contributed by atoms with Gasteiger partial charge < -0.3 is 11.1 Å². The highest BCUT2D eigenvalue weighted by atomic mass is 16.2. The van der Waals surface area contributed by atoms with Crippen molar-refractivity contribution in [2.75, 3.05) is 0 Å². The number of nitrogens with zero attached hydrogens (tertiary/aromatic N) is 2. The minimum atomic E-state index is -0.450. The van der Waals surface area contributed by atoms with Gasteiger partial charge in [-0.3, -0.25) is 9.48 Å². The molecule has 0 aliphatic rings. The Balaban J connectivity index is 2.68. The number of hydrogen-bond acceptors (Lipinski definition) is 3. The van der Waals surface area contributed by atoms with E-state index in [1.165, 1.54) is 0 Å². The van der Waals surface area contributed by atoms with Crippen LogP contribution in [-0.4, -0.2) is 21.7 Å². The van der Waals surface area contributed by atoms with Crippen molar-refractivity contribution in [3.05, 3.63) is 17.5 Å². The Morgan fingerprint density at radius 3 is 2.61 bits per heavy atom. The second-order valence-electron chi connectivity index (χ2n) is 4.95. The molecule has 1 aromatic heterocycles. The summed E-state index contributed by atoms with van der Waals surface area (Å²) in [4.78, 5) is 12.0. The Morgan fingerprint density at radius 1 is 1.56 bits per heavy atom. The Bertz CT molecular complexity index is 413. The molecule has 0 spiro atoms. The molecule has 1 rings (SSSR count). The highest BCUT2D eigenvalue weighted by Crippen LogP contribution is 2.16. The Hall–Kier alpha value is -1.36.